The molecule has 0 radical (unpaired) electrons. The molecule has 0 saturated carbocycles. The van der Waals surface area contributed by atoms with E-state index in [-0.39, 0.29) is 12.3 Å². The Morgan fingerprint density at radius 2 is 2.03 bits per heavy atom. The highest BCUT2D eigenvalue weighted by molar-refractivity contribution is 5.76. The third-order valence-corrected chi connectivity index (χ3v) is 4.52. The lowest BCUT2D eigenvalue weighted by atomic mass is 10.2. The van der Waals surface area contributed by atoms with Crippen molar-refractivity contribution < 1.29 is 18.8 Å². The second-order valence-corrected chi connectivity index (χ2v) is 6.75. The molecule has 11 heteroatoms. The van der Waals surface area contributed by atoms with E-state index < -0.39 is 0 Å². The number of pyridine rings is 1. The molecule has 0 bridgehead atoms. The van der Waals surface area contributed by atoms with E-state index in [9.17, 15) is 4.79 Å². The minimum Gasteiger partial charge on any atom is -0.493 e. The Labute approximate surface area is 183 Å². The van der Waals surface area contributed by atoms with Crippen molar-refractivity contribution in [1.29, 1.82) is 0 Å². The molecule has 4 rings (SSSR count). The number of nitrogens with one attached hydrogen (secondary N) is 2. The Kier molecular flexibility index (Phi) is 6.66. The van der Waals surface area contributed by atoms with Gasteiger partial charge in [-0.05, 0) is 35.4 Å². The number of aryl methyl sites for hydroxylation is 1. The lowest BCUT2D eigenvalue weighted by Crippen LogP contribution is -2.23. The Hall–Kier alpha value is -4.28. The normalized spacial score (nSPS) is 10.7. The van der Waals surface area contributed by atoms with Crippen LogP contribution < -0.4 is 14.8 Å². The number of rotatable bonds is 10. The highest BCUT2D eigenvalue weighted by Crippen LogP contribution is 2.28. The summed E-state index contributed by atoms with van der Waals surface area (Å²) in [7, 11) is 1.58. The fourth-order valence-electron chi connectivity index (χ4n) is 2.86. The Balaban J connectivity index is 1.26. The molecule has 0 spiro atoms. The summed E-state index contributed by atoms with van der Waals surface area (Å²) in [5.74, 6) is 2.14. The van der Waals surface area contributed by atoms with Crippen LogP contribution in [0, 0.1) is 0 Å². The van der Waals surface area contributed by atoms with E-state index >= 15 is 0 Å². The highest BCUT2D eigenvalue weighted by atomic mass is 16.5. The van der Waals surface area contributed by atoms with E-state index in [2.05, 4.69) is 35.6 Å². The van der Waals surface area contributed by atoms with E-state index in [0.29, 0.717) is 48.6 Å². The topological polar surface area (TPSA) is 141 Å². The molecule has 3 aromatic heterocycles. The van der Waals surface area contributed by atoms with Crippen molar-refractivity contribution in [2.45, 2.75) is 26.0 Å². The Morgan fingerprint density at radius 1 is 1.16 bits per heavy atom. The summed E-state index contributed by atoms with van der Waals surface area (Å²) in [6, 6.07) is 9.32. The fourth-order valence-corrected chi connectivity index (χ4v) is 2.86. The minimum absolute atomic E-state index is 0.138. The molecule has 0 aliphatic rings. The summed E-state index contributed by atoms with van der Waals surface area (Å²) in [5.41, 5.74) is 1.89. The number of methoxy groups -OCH3 is 1. The average Bonchev–Trinajstić information content (AvgIpc) is 3.53. The monoisotopic (exact) mass is 435 g/mol. The van der Waals surface area contributed by atoms with Crippen molar-refractivity contribution in [2.75, 3.05) is 7.11 Å². The van der Waals surface area contributed by atoms with Crippen molar-refractivity contribution in [3.63, 3.8) is 0 Å². The number of H-pyrrole nitrogens is 1. The first-order valence-corrected chi connectivity index (χ1v) is 9.85. The molecular formula is C21H21N7O4. The van der Waals surface area contributed by atoms with Gasteiger partial charge in [0.25, 0.3) is 0 Å². The first-order chi connectivity index (χ1) is 15.7. The SMILES string of the molecule is COc1cc(CNC(=O)CCc2nc(-c3ncn[nH]3)no2)ccc1OCc1ccncc1. The van der Waals surface area contributed by atoms with Gasteiger partial charge in [-0.2, -0.15) is 10.1 Å². The summed E-state index contributed by atoms with van der Waals surface area (Å²) in [5, 5.41) is 13.1. The zero-order chi connectivity index (χ0) is 22.2. The third-order valence-electron chi connectivity index (χ3n) is 4.52. The summed E-state index contributed by atoms with van der Waals surface area (Å²) in [6.45, 7) is 0.760. The quantitative estimate of drug-likeness (QED) is 0.383. The first-order valence-electron chi connectivity index (χ1n) is 9.85. The number of nitrogens with zero attached hydrogens (tertiary/aromatic N) is 5. The van der Waals surface area contributed by atoms with E-state index in [1.54, 1.807) is 19.5 Å². The van der Waals surface area contributed by atoms with E-state index in [1.165, 1.54) is 6.33 Å². The van der Waals surface area contributed by atoms with Crippen LogP contribution in [-0.2, 0) is 24.4 Å². The maximum atomic E-state index is 12.2. The van der Waals surface area contributed by atoms with Crippen LogP contribution in [0.1, 0.15) is 23.4 Å². The molecule has 3 heterocycles. The number of ether oxygens (including phenoxy) is 2. The highest BCUT2D eigenvalue weighted by Gasteiger charge is 2.13. The number of aromatic nitrogens is 6. The van der Waals surface area contributed by atoms with Crippen LogP contribution in [0.15, 0.2) is 53.6 Å². The van der Waals surface area contributed by atoms with Crippen LogP contribution in [0.25, 0.3) is 11.6 Å². The molecule has 0 atom stereocenters. The summed E-state index contributed by atoms with van der Waals surface area (Å²) in [6.07, 6.45) is 5.32. The van der Waals surface area contributed by atoms with Gasteiger partial charge in [0.05, 0.1) is 7.11 Å². The van der Waals surface area contributed by atoms with Crippen molar-refractivity contribution in [1.82, 2.24) is 35.6 Å². The summed E-state index contributed by atoms with van der Waals surface area (Å²) < 4.78 is 16.4. The Morgan fingerprint density at radius 3 is 2.81 bits per heavy atom. The molecule has 0 fully saturated rings. The number of hydrogen-bond acceptors (Lipinski definition) is 9. The molecule has 0 saturated heterocycles. The molecule has 1 amide bonds. The fraction of sp³-hybridized carbons (Fsp3) is 0.238. The standard InChI is InChI=1S/C21H21N7O4/c1-30-17-10-15(2-3-16(17)31-12-14-6-8-22-9-7-14)11-23-18(29)4-5-19-26-21(28-32-19)20-24-13-25-27-20/h2-3,6-10,13H,4-5,11-12H2,1H3,(H,23,29)(H,24,25,27). The van der Waals surface area contributed by atoms with Crippen molar-refractivity contribution in [3.8, 4) is 23.1 Å². The molecule has 1 aromatic carbocycles. The largest absolute Gasteiger partial charge is 0.493 e. The number of amides is 1. The molecule has 164 valence electrons. The number of hydrogen-bond donors (Lipinski definition) is 2. The predicted molar refractivity (Wildman–Crippen MR) is 111 cm³/mol. The second-order valence-electron chi connectivity index (χ2n) is 6.75. The molecular weight excluding hydrogens is 414 g/mol. The predicted octanol–water partition coefficient (Wildman–Crippen LogP) is 2.09. The second kappa shape index (κ2) is 10.2. The van der Waals surface area contributed by atoms with Crippen molar-refractivity contribution >= 4 is 5.91 Å². The van der Waals surface area contributed by atoms with Crippen LogP contribution in [0.4, 0.5) is 0 Å². The van der Waals surface area contributed by atoms with Gasteiger partial charge in [0.15, 0.2) is 17.3 Å². The van der Waals surface area contributed by atoms with Gasteiger partial charge in [0.1, 0.15) is 12.9 Å². The van der Waals surface area contributed by atoms with Gasteiger partial charge in [-0.3, -0.25) is 14.9 Å². The average molecular weight is 435 g/mol. The lowest BCUT2D eigenvalue weighted by Gasteiger charge is -2.12. The van der Waals surface area contributed by atoms with Crippen molar-refractivity contribution in [2.24, 2.45) is 0 Å². The molecule has 11 nitrogen and oxygen atoms in total. The smallest absolute Gasteiger partial charge is 0.239 e. The van der Waals surface area contributed by atoms with Crippen LogP contribution in [0.3, 0.4) is 0 Å². The number of benzene rings is 1. The third kappa shape index (κ3) is 5.45. The van der Waals surface area contributed by atoms with Gasteiger partial charge in [0, 0.05) is 31.8 Å². The molecule has 2 N–H and O–H groups in total. The maximum Gasteiger partial charge on any atom is 0.239 e. The Bertz CT molecular complexity index is 1150. The van der Waals surface area contributed by atoms with Gasteiger partial charge >= 0.3 is 0 Å². The van der Waals surface area contributed by atoms with E-state index in [4.69, 9.17) is 14.0 Å². The zero-order valence-corrected chi connectivity index (χ0v) is 17.3. The molecule has 0 unspecified atom stereocenters. The van der Waals surface area contributed by atoms with Crippen molar-refractivity contribution in [3.05, 3.63) is 66.1 Å². The number of aromatic amines is 1. The maximum absolute atomic E-state index is 12.2. The molecule has 0 aliphatic carbocycles. The van der Waals surface area contributed by atoms with E-state index in [1.807, 2.05) is 30.3 Å². The zero-order valence-electron chi connectivity index (χ0n) is 17.3. The lowest BCUT2D eigenvalue weighted by molar-refractivity contribution is -0.121. The number of carbonyl (C=O) groups is 1. The number of carbonyl (C=O) groups excluding carboxylic acids is 1. The van der Waals surface area contributed by atoms with Gasteiger partial charge < -0.3 is 19.3 Å². The van der Waals surface area contributed by atoms with Crippen LogP contribution in [-0.4, -0.2) is 43.3 Å². The first kappa shape index (κ1) is 21.0. The molecule has 0 aliphatic heterocycles. The summed E-state index contributed by atoms with van der Waals surface area (Å²) in [4.78, 5) is 24.3. The van der Waals surface area contributed by atoms with Crippen LogP contribution in [0.5, 0.6) is 11.5 Å². The van der Waals surface area contributed by atoms with E-state index in [0.717, 1.165) is 11.1 Å². The van der Waals surface area contributed by atoms with Gasteiger partial charge in [-0.25, -0.2) is 4.98 Å². The van der Waals surface area contributed by atoms with Crippen LogP contribution in [0.2, 0.25) is 0 Å². The minimum atomic E-state index is -0.138. The van der Waals surface area contributed by atoms with Gasteiger partial charge in [-0.1, -0.05) is 11.2 Å². The van der Waals surface area contributed by atoms with Crippen LogP contribution >= 0.6 is 0 Å². The summed E-state index contributed by atoms with van der Waals surface area (Å²) >= 11 is 0. The molecule has 32 heavy (non-hydrogen) atoms. The molecule has 4 aromatic rings. The van der Waals surface area contributed by atoms with Gasteiger partial charge in [-0.15, -0.1) is 0 Å². The van der Waals surface area contributed by atoms with Gasteiger partial charge in [0.2, 0.25) is 17.6 Å².